The maximum absolute atomic E-state index is 11.3. The molecule has 1 aromatic rings. The smallest absolute Gasteiger partial charge is 0.139 e. The van der Waals surface area contributed by atoms with Crippen molar-refractivity contribution in [3.8, 4) is 0 Å². The quantitative estimate of drug-likeness (QED) is 0.797. The van der Waals surface area contributed by atoms with Gasteiger partial charge in [0.15, 0.2) is 0 Å². The third kappa shape index (κ3) is 4.23. The number of Topliss-reactive ketones (excluding diaryl/α,β-unsaturated/α-hetero) is 1. The average Bonchev–Trinajstić information content (AvgIpc) is 2.06. The summed E-state index contributed by atoms with van der Waals surface area (Å²) < 4.78 is 0. The van der Waals surface area contributed by atoms with Gasteiger partial charge in [0.1, 0.15) is 5.78 Å². The molecule has 13 heavy (non-hydrogen) atoms. The number of hydrogen-bond acceptors (Lipinski definition) is 1. The Labute approximate surface area is 89.9 Å². The Morgan fingerprint density at radius 1 is 1.23 bits per heavy atom. The maximum atomic E-state index is 11.3. The van der Waals surface area contributed by atoms with Crippen LogP contribution in [0, 0.1) is 5.92 Å². The zero-order valence-electron chi connectivity index (χ0n) is 7.99. The lowest BCUT2D eigenvalue weighted by Gasteiger charge is -2.02. The van der Waals surface area contributed by atoms with Crippen molar-refractivity contribution in [2.45, 2.75) is 20.3 Å². The number of benzene rings is 1. The Morgan fingerprint density at radius 3 is 2.23 bits per heavy atom. The summed E-state index contributed by atoms with van der Waals surface area (Å²) in [7, 11) is 0. The van der Waals surface area contributed by atoms with E-state index >= 15 is 0 Å². The fourth-order valence-corrected chi connectivity index (χ4v) is 1.00. The molecule has 1 nitrogen and oxygen atoms in total. The Hall–Kier alpha value is -0.630. The van der Waals surface area contributed by atoms with E-state index in [-0.39, 0.29) is 22.9 Å². The molecule has 0 unspecified atom stereocenters. The highest BCUT2D eigenvalue weighted by molar-refractivity contribution is 8.93. The molecule has 1 rings (SSSR count). The number of ketones is 1. The standard InChI is InChI=1S/C11H14O.BrH/c1-9(2)11(12)8-10-6-4-3-5-7-10;/h3-7,9H,8H2,1-2H3;1H. The van der Waals surface area contributed by atoms with Crippen molar-refractivity contribution in [1.29, 1.82) is 0 Å². The Morgan fingerprint density at radius 2 is 1.77 bits per heavy atom. The molecule has 0 fully saturated rings. The van der Waals surface area contributed by atoms with Gasteiger partial charge in [-0.05, 0) is 5.56 Å². The van der Waals surface area contributed by atoms with Gasteiger partial charge in [-0.3, -0.25) is 4.79 Å². The molecule has 0 aliphatic heterocycles. The minimum absolute atomic E-state index is 0. The molecular weight excluding hydrogens is 228 g/mol. The molecule has 0 bridgehead atoms. The second-order valence-corrected chi connectivity index (χ2v) is 3.28. The molecule has 2 heteroatoms. The molecular formula is C11H15BrO. The monoisotopic (exact) mass is 242 g/mol. The second-order valence-electron chi connectivity index (χ2n) is 3.28. The van der Waals surface area contributed by atoms with Gasteiger partial charge >= 0.3 is 0 Å². The minimum atomic E-state index is 0. The van der Waals surface area contributed by atoms with Crippen LogP contribution in [0.2, 0.25) is 0 Å². The number of rotatable bonds is 3. The van der Waals surface area contributed by atoms with E-state index in [1.807, 2.05) is 44.2 Å². The summed E-state index contributed by atoms with van der Waals surface area (Å²) in [5.41, 5.74) is 1.11. The molecule has 0 atom stereocenters. The van der Waals surface area contributed by atoms with Crippen LogP contribution >= 0.6 is 17.0 Å². The van der Waals surface area contributed by atoms with E-state index in [1.165, 1.54) is 0 Å². The van der Waals surface area contributed by atoms with Crippen LogP contribution in [-0.4, -0.2) is 5.78 Å². The highest BCUT2D eigenvalue weighted by Crippen LogP contribution is 2.04. The lowest BCUT2D eigenvalue weighted by molar-refractivity contribution is -0.121. The zero-order valence-corrected chi connectivity index (χ0v) is 9.70. The molecule has 0 spiro atoms. The summed E-state index contributed by atoms with van der Waals surface area (Å²) in [5.74, 6) is 0.450. The second kappa shape index (κ2) is 5.92. The average molecular weight is 243 g/mol. The molecule has 72 valence electrons. The third-order valence-electron chi connectivity index (χ3n) is 1.87. The van der Waals surface area contributed by atoms with Crippen LogP contribution in [-0.2, 0) is 11.2 Å². The van der Waals surface area contributed by atoms with E-state index in [1.54, 1.807) is 0 Å². The molecule has 0 saturated carbocycles. The first-order chi connectivity index (χ1) is 5.70. The van der Waals surface area contributed by atoms with Crippen LogP contribution in [0.1, 0.15) is 19.4 Å². The van der Waals surface area contributed by atoms with Crippen LogP contribution in [0.25, 0.3) is 0 Å². The van der Waals surface area contributed by atoms with Gasteiger partial charge in [-0.1, -0.05) is 44.2 Å². The zero-order chi connectivity index (χ0) is 8.97. The lowest BCUT2D eigenvalue weighted by Crippen LogP contribution is -2.09. The molecule has 0 aliphatic carbocycles. The van der Waals surface area contributed by atoms with Gasteiger partial charge in [0.05, 0.1) is 0 Å². The molecule has 1 aromatic carbocycles. The maximum Gasteiger partial charge on any atom is 0.139 e. The van der Waals surface area contributed by atoms with Crippen molar-refractivity contribution >= 4 is 22.8 Å². The number of halogens is 1. The predicted octanol–water partition coefficient (Wildman–Crippen LogP) is 3.03. The van der Waals surface area contributed by atoms with Crippen LogP contribution in [0.3, 0.4) is 0 Å². The van der Waals surface area contributed by atoms with Crippen molar-refractivity contribution in [1.82, 2.24) is 0 Å². The highest BCUT2D eigenvalue weighted by atomic mass is 79.9. The normalized spacial score (nSPS) is 9.46. The minimum Gasteiger partial charge on any atom is -0.299 e. The highest BCUT2D eigenvalue weighted by Gasteiger charge is 2.06. The van der Waals surface area contributed by atoms with Crippen LogP contribution in [0.5, 0.6) is 0 Å². The Balaban J connectivity index is 0.00000144. The lowest BCUT2D eigenvalue weighted by atomic mass is 10.0. The van der Waals surface area contributed by atoms with Gasteiger partial charge in [0.2, 0.25) is 0 Å². The first-order valence-corrected chi connectivity index (χ1v) is 4.27. The van der Waals surface area contributed by atoms with Crippen molar-refractivity contribution in [3.63, 3.8) is 0 Å². The largest absolute Gasteiger partial charge is 0.299 e. The van der Waals surface area contributed by atoms with Crippen LogP contribution in [0.15, 0.2) is 30.3 Å². The summed E-state index contributed by atoms with van der Waals surface area (Å²) >= 11 is 0. The molecule has 0 radical (unpaired) electrons. The summed E-state index contributed by atoms with van der Waals surface area (Å²) in [6, 6.07) is 9.86. The molecule has 0 saturated heterocycles. The first-order valence-electron chi connectivity index (χ1n) is 4.27. The summed E-state index contributed by atoms with van der Waals surface area (Å²) in [4.78, 5) is 11.3. The van der Waals surface area contributed by atoms with Gasteiger partial charge in [-0.2, -0.15) is 0 Å². The topological polar surface area (TPSA) is 17.1 Å². The molecule has 0 aromatic heterocycles. The fourth-order valence-electron chi connectivity index (χ4n) is 1.00. The predicted molar refractivity (Wildman–Crippen MR) is 60.3 cm³/mol. The summed E-state index contributed by atoms with van der Waals surface area (Å²) in [6.07, 6.45) is 0.568. The third-order valence-corrected chi connectivity index (χ3v) is 1.87. The van der Waals surface area contributed by atoms with E-state index in [0.717, 1.165) is 5.56 Å². The van der Waals surface area contributed by atoms with Gasteiger partial charge < -0.3 is 0 Å². The molecule has 0 N–H and O–H groups in total. The number of carbonyl (C=O) groups excluding carboxylic acids is 1. The van der Waals surface area contributed by atoms with Gasteiger partial charge in [-0.25, -0.2) is 0 Å². The van der Waals surface area contributed by atoms with Crippen molar-refractivity contribution in [3.05, 3.63) is 35.9 Å². The van der Waals surface area contributed by atoms with E-state index < -0.39 is 0 Å². The van der Waals surface area contributed by atoms with Crippen LogP contribution < -0.4 is 0 Å². The van der Waals surface area contributed by atoms with Gasteiger partial charge in [0.25, 0.3) is 0 Å². The van der Waals surface area contributed by atoms with Crippen molar-refractivity contribution in [2.24, 2.45) is 5.92 Å². The first kappa shape index (κ1) is 12.4. The van der Waals surface area contributed by atoms with Crippen molar-refractivity contribution < 1.29 is 4.79 Å². The molecule has 0 amide bonds. The number of carbonyl (C=O) groups is 1. The SMILES string of the molecule is Br.CC(C)C(=O)Cc1ccccc1. The molecule has 0 aliphatic rings. The van der Waals surface area contributed by atoms with E-state index in [0.29, 0.717) is 12.2 Å². The molecule has 0 heterocycles. The van der Waals surface area contributed by atoms with E-state index in [4.69, 9.17) is 0 Å². The van der Waals surface area contributed by atoms with Gasteiger partial charge in [0, 0.05) is 12.3 Å². The van der Waals surface area contributed by atoms with E-state index in [9.17, 15) is 4.79 Å². The van der Waals surface area contributed by atoms with E-state index in [2.05, 4.69) is 0 Å². The summed E-state index contributed by atoms with van der Waals surface area (Å²) in [5, 5.41) is 0. The Kier molecular flexibility index (Phi) is 5.63. The number of hydrogen-bond donors (Lipinski definition) is 0. The summed E-state index contributed by atoms with van der Waals surface area (Å²) in [6.45, 7) is 3.87. The van der Waals surface area contributed by atoms with Crippen LogP contribution in [0.4, 0.5) is 0 Å². The van der Waals surface area contributed by atoms with Crippen molar-refractivity contribution in [2.75, 3.05) is 0 Å². The van der Waals surface area contributed by atoms with Gasteiger partial charge in [-0.15, -0.1) is 17.0 Å². The fraction of sp³-hybridized carbons (Fsp3) is 0.364. The Bertz CT molecular complexity index is 254.